The first-order valence-electron chi connectivity index (χ1n) is 14.1. The van der Waals surface area contributed by atoms with E-state index in [0.29, 0.717) is 12.8 Å². The zero-order valence-corrected chi connectivity index (χ0v) is 24.3. The summed E-state index contributed by atoms with van der Waals surface area (Å²) in [4.78, 5) is 50.4. The standard InChI is InChI=1S/C34H37NO7/c1-34(2,3)33(39)42-22-41-32(38)29-20-27(18-26-15-14-25(19-28(26)29)24-12-8-5-9-13-24)35-30(36)16-17-31(37)40-21-23-10-6-4-7-11-23/h4-15,19,27,29H,16-18,20-22H2,1-3H3,(H,35,36). The van der Waals surface area contributed by atoms with Gasteiger partial charge in [-0.1, -0.05) is 78.9 Å². The lowest BCUT2D eigenvalue weighted by atomic mass is 9.79. The highest BCUT2D eigenvalue weighted by atomic mass is 16.7. The van der Waals surface area contributed by atoms with Crippen molar-refractivity contribution in [2.45, 2.75) is 65.0 Å². The van der Waals surface area contributed by atoms with E-state index in [1.807, 2.05) is 78.9 Å². The van der Waals surface area contributed by atoms with Crippen molar-refractivity contribution in [3.63, 3.8) is 0 Å². The fraction of sp³-hybridized carbons (Fsp3) is 0.353. The molecule has 8 nitrogen and oxygen atoms in total. The van der Waals surface area contributed by atoms with Crippen LogP contribution < -0.4 is 5.32 Å². The SMILES string of the molecule is CC(C)(C)C(=O)OCOC(=O)C1CC(NC(=O)CCC(=O)OCc2ccccc2)Cc2ccc(-c3ccccc3)cc21. The molecule has 0 fully saturated rings. The summed E-state index contributed by atoms with van der Waals surface area (Å²) in [5, 5.41) is 2.97. The zero-order valence-electron chi connectivity index (χ0n) is 24.3. The van der Waals surface area contributed by atoms with Gasteiger partial charge in [0.2, 0.25) is 12.7 Å². The number of esters is 3. The number of rotatable bonds is 10. The van der Waals surface area contributed by atoms with Gasteiger partial charge in [-0.05, 0) is 61.4 Å². The smallest absolute Gasteiger partial charge is 0.316 e. The van der Waals surface area contributed by atoms with Crippen molar-refractivity contribution < 1.29 is 33.4 Å². The van der Waals surface area contributed by atoms with Gasteiger partial charge in [-0.3, -0.25) is 19.2 Å². The quantitative estimate of drug-likeness (QED) is 0.254. The highest BCUT2D eigenvalue weighted by Gasteiger charge is 2.34. The molecule has 42 heavy (non-hydrogen) atoms. The summed E-state index contributed by atoms with van der Waals surface area (Å²) >= 11 is 0. The molecule has 2 unspecified atom stereocenters. The highest BCUT2D eigenvalue weighted by molar-refractivity contribution is 5.83. The third-order valence-electron chi connectivity index (χ3n) is 7.07. The van der Waals surface area contributed by atoms with Crippen LogP contribution in [0.5, 0.6) is 0 Å². The van der Waals surface area contributed by atoms with Gasteiger partial charge < -0.3 is 19.5 Å². The van der Waals surface area contributed by atoms with Crippen LogP contribution in [0.15, 0.2) is 78.9 Å². The van der Waals surface area contributed by atoms with Crippen LogP contribution in [0.2, 0.25) is 0 Å². The monoisotopic (exact) mass is 571 g/mol. The highest BCUT2D eigenvalue weighted by Crippen LogP contribution is 2.36. The molecule has 0 aliphatic heterocycles. The Morgan fingerprint density at radius 3 is 2.19 bits per heavy atom. The Hall–Kier alpha value is -4.46. The summed E-state index contributed by atoms with van der Waals surface area (Å²) in [5.41, 5.74) is 3.86. The van der Waals surface area contributed by atoms with Gasteiger partial charge in [-0.15, -0.1) is 0 Å². The van der Waals surface area contributed by atoms with E-state index in [4.69, 9.17) is 14.2 Å². The minimum Gasteiger partial charge on any atom is -0.461 e. The first-order chi connectivity index (χ1) is 20.1. The fourth-order valence-electron chi connectivity index (χ4n) is 4.79. The molecule has 0 heterocycles. The lowest BCUT2D eigenvalue weighted by Gasteiger charge is -2.31. The first-order valence-corrected chi connectivity index (χ1v) is 14.1. The van der Waals surface area contributed by atoms with E-state index in [9.17, 15) is 19.2 Å². The van der Waals surface area contributed by atoms with E-state index in [1.165, 1.54) is 0 Å². The Morgan fingerprint density at radius 2 is 1.50 bits per heavy atom. The third kappa shape index (κ3) is 8.52. The van der Waals surface area contributed by atoms with Crippen molar-refractivity contribution >= 4 is 23.8 Å². The number of carbonyl (C=O) groups excluding carboxylic acids is 4. The predicted octanol–water partition coefficient (Wildman–Crippen LogP) is 5.48. The minimum atomic E-state index is -0.724. The molecule has 8 heteroatoms. The van der Waals surface area contributed by atoms with Crippen LogP contribution in [0.4, 0.5) is 0 Å². The van der Waals surface area contributed by atoms with Crippen molar-refractivity contribution in [2.24, 2.45) is 5.41 Å². The Kier molecular flexibility index (Phi) is 10.1. The summed E-state index contributed by atoms with van der Waals surface area (Å²) in [7, 11) is 0. The molecule has 1 aliphatic rings. The molecule has 4 rings (SSSR count). The van der Waals surface area contributed by atoms with E-state index in [-0.39, 0.29) is 31.4 Å². The maximum atomic E-state index is 13.3. The third-order valence-corrected chi connectivity index (χ3v) is 7.07. The molecule has 3 aromatic rings. The average molecular weight is 572 g/mol. The van der Waals surface area contributed by atoms with Crippen molar-refractivity contribution in [3.8, 4) is 11.1 Å². The lowest BCUT2D eigenvalue weighted by Crippen LogP contribution is -2.41. The van der Waals surface area contributed by atoms with Crippen LogP contribution in [0.1, 0.15) is 62.6 Å². The summed E-state index contributed by atoms with van der Waals surface area (Å²) in [6, 6.07) is 24.8. The van der Waals surface area contributed by atoms with Gasteiger partial charge in [0.05, 0.1) is 17.8 Å². The van der Waals surface area contributed by atoms with Crippen molar-refractivity contribution in [1.29, 1.82) is 0 Å². The number of hydrogen-bond acceptors (Lipinski definition) is 7. The largest absolute Gasteiger partial charge is 0.461 e. The van der Waals surface area contributed by atoms with Gasteiger partial charge in [0, 0.05) is 12.5 Å². The second kappa shape index (κ2) is 13.9. The van der Waals surface area contributed by atoms with Crippen LogP contribution in [-0.4, -0.2) is 36.6 Å². The fourth-order valence-corrected chi connectivity index (χ4v) is 4.79. The zero-order chi connectivity index (χ0) is 30.1. The molecule has 0 saturated heterocycles. The van der Waals surface area contributed by atoms with Gasteiger partial charge in [0.1, 0.15) is 6.61 Å². The molecular formula is C34H37NO7. The van der Waals surface area contributed by atoms with Crippen LogP contribution >= 0.6 is 0 Å². The number of hydrogen-bond donors (Lipinski definition) is 1. The van der Waals surface area contributed by atoms with Gasteiger partial charge in [-0.25, -0.2) is 0 Å². The van der Waals surface area contributed by atoms with Crippen molar-refractivity contribution in [3.05, 3.63) is 95.6 Å². The Balaban J connectivity index is 1.40. The topological polar surface area (TPSA) is 108 Å². The number of ether oxygens (including phenoxy) is 3. The van der Waals surface area contributed by atoms with E-state index in [2.05, 4.69) is 5.32 Å². The summed E-state index contributed by atoms with van der Waals surface area (Å²) < 4.78 is 15.8. The molecule has 220 valence electrons. The van der Waals surface area contributed by atoms with E-state index >= 15 is 0 Å². The van der Waals surface area contributed by atoms with Gasteiger partial charge in [0.25, 0.3) is 0 Å². The molecule has 2 atom stereocenters. The van der Waals surface area contributed by atoms with Crippen LogP contribution in [0, 0.1) is 5.41 Å². The number of amides is 1. The molecule has 0 aromatic heterocycles. The number of carbonyl (C=O) groups is 4. The van der Waals surface area contributed by atoms with Crippen LogP contribution in [0.3, 0.4) is 0 Å². The van der Waals surface area contributed by atoms with Crippen molar-refractivity contribution in [1.82, 2.24) is 5.32 Å². The summed E-state index contributed by atoms with van der Waals surface area (Å²) in [6.45, 7) is 4.82. The molecule has 3 aromatic carbocycles. The average Bonchev–Trinajstić information content (AvgIpc) is 2.98. The normalized spacial score (nSPS) is 16.1. The predicted molar refractivity (Wildman–Crippen MR) is 157 cm³/mol. The minimum absolute atomic E-state index is 0.0260. The second-order valence-electron chi connectivity index (χ2n) is 11.4. The molecule has 0 radical (unpaired) electrons. The summed E-state index contributed by atoms with van der Waals surface area (Å²) in [5.74, 6) is -2.44. The van der Waals surface area contributed by atoms with Gasteiger partial charge >= 0.3 is 17.9 Å². The second-order valence-corrected chi connectivity index (χ2v) is 11.4. The molecule has 1 aliphatic carbocycles. The van der Waals surface area contributed by atoms with Gasteiger partial charge in [0.15, 0.2) is 0 Å². The molecule has 1 amide bonds. The maximum Gasteiger partial charge on any atom is 0.316 e. The number of fused-ring (bicyclic) bond motifs is 1. The Bertz CT molecular complexity index is 1400. The molecular weight excluding hydrogens is 534 g/mol. The maximum absolute atomic E-state index is 13.3. The molecule has 0 saturated carbocycles. The summed E-state index contributed by atoms with van der Waals surface area (Å²) in [6.07, 6.45) is 0.758. The van der Waals surface area contributed by atoms with Crippen molar-refractivity contribution in [2.75, 3.05) is 6.79 Å². The van der Waals surface area contributed by atoms with Gasteiger partial charge in [-0.2, -0.15) is 0 Å². The van der Waals surface area contributed by atoms with Crippen LogP contribution in [-0.2, 0) is 46.4 Å². The lowest BCUT2D eigenvalue weighted by molar-refractivity contribution is -0.174. The molecule has 0 spiro atoms. The van der Waals surface area contributed by atoms with Crippen LogP contribution in [0.25, 0.3) is 11.1 Å². The van der Waals surface area contributed by atoms with E-state index in [0.717, 1.165) is 27.8 Å². The van der Waals surface area contributed by atoms with E-state index < -0.39 is 36.0 Å². The number of benzene rings is 3. The first kappa shape index (κ1) is 30.5. The Morgan fingerprint density at radius 1 is 0.810 bits per heavy atom. The molecule has 0 bridgehead atoms. The number of nitrogens with one attached hydrogen (secondary N) is 1. The van der Waals surface area contributed by atoms with E-state index in [1.54, 1.807) is 20.8 Å². The Labute approximate surface area is 246 Å². The molecule has 1 N–H and O–H groups in total.